The minimum absolute atomic E-state index is 0.327. The molecule has 0 aliphatic rings. The van der Waals surface area contributed by atoms with Gasteiger partial charge in [0.25, 0.3) is 0 Å². The Morgan fingerprint density at radius 1 is 1.69 bits per heavy atom. The fourth-order valence-electron chi connectivity index (χ4n) is 1.04. The van der Waals surface area contributed by atoms with Crippen LogP contribution in [0.2, 0.25) is 0 Å². The second kappa shape index (κ2) is 4.77. The van der Waals surface area contributed by atoms with E-state index in [1.165, 1.54) is 13.3 Å². The zero-order valence-corrected chi connectivity index (χ0v) is 7.53. The minimum atomic E-state index is -1.03. The molecule has 2 N–H and O–H groups in total. The Labute approximate surface area is 76.7 Å². The number of nitrogens with two attached hydrogens (primary N) is 1. The first-order chi connectivity index (χ1) is 6.27. The SMILES string of the molecule is COc1cc(C(F)CCN)ccn1. The van der Waals surface area contributed by atoms with E-state index in [4.69, 9.17) is 10.5 Å². The molecule has 1 rings (SSSR count). The predicted molar refractivity (Wildman–Crippen MR) is 48.3 cm³/mol. The molecule has 1 heterocycles. The van der Waals surface area contributed by atoms with E-state index >= 15 is 0 Å². The Bertz CT molecular complexity index is 268. The van der Waals surface area contributed by atoms with Crippen LogP contribution in [0.3, 0.4) is 0 Å². The molecule has 0 amide bonds. The number of ether oxygens (including phenoxy) is 1. The van der Waals surface area contributed by atoms with E-state index in [0.29, 0.717) is 24.4 Å². The van der Waals surface area contributed by atoms with E-state index in [0.717, 1.165) is 0 Å². The topological polar surface area (TPSA) is 48.1 Å². The molecule has 0 aliphatic heterocycles. The summed E-state index contributed by atoms with van der Waals surface area (Å²) in [4.78, 5) is 3.88. The molecule has 0 spiro atoms. The lowest BCUT2D eigenvalue weighted by Gasteiger charge is -2.07. The molecule has 72 valence electrons. The van der Waals surface area contributed by atoms with Crippen molar-refractivity contribution in [3.63, 3.8) is 0 Å². The van der Waals surface area contributed by atoms with Crippen LogP contribution in [0.4, 0.5) is 4.39 Å². The van der Waals surface area contributed by atoms with Crippen molar-refractivity contribution < 1.29 is 9.13 Å². The van der Waals surface area contributed by atoms with Crippen LogP contribution in [0, 0.1) is 0 Å². The normalized spacial score (nSPS) is 12.5. The van der Waals surface area contributed by atoms with Crippen LogP contribution in [-0.4, -0.2) is 18.6 Å². The van der Waals surface area contributed by atoms with Crippen molar-refractivity contribution in [3.05, 3.63) is 23.9 Å². The lowest BCUT2D eigenvalue weighted by molar-refractivity contribution is 0.324. The summed E-state index contributed by atoms with van der Waals surface area (Å²) in [6.45, 7) is 0.339. The van der Waals surface area contributed by atoms with Crippen LogP contribution in [0.25, 0.3) is 0 Å². The van der Waals surface area contributed by atoms with Gasteiger partial charge in [-0.3, -0.25) is 0 Å². The third-order valence-corrected chi connectivity index (χ3v) is 1.75. The van der Waals surface area contributed by atoms with Gasteiger partial charge in [-0.25, -0.2) is 9.37 Å². The largest absolute Gasteiger partial charge is 0.481 e. The quantitative estimate of drug-likeness (QED) is 0.770. The number of halogens is 1. The van der Waals surface area contributed by atoms with E-state index in [2.05, 4.69) is 4.98 Å². The first kappa shape index (κ1) is 9.92. The monoisotopic (exact) mass is 184 g/mol. The van der Waals surface area contributed by atoms with E-state index in [9.17, 15) is 4.39 Å². The van der Waals surface area contributed by atoms with Crippen molar-refractivity contribution in [2.75, 3.05) is 13.7 Å². The second-order valence-corrected chi connectivity index (χ2v) is 2.68. The van der Waals surface area contributed by atoms with Crippen LogP contribution in [0.5, 0.6) is 5.88 Å². The van der Waals surface area contributed by atoms with Crippen molar-refractivity contribution in [3.8, 4) is 5.88 Å². The Hall–Kier alpha value is -1.16. The summed E-state index contributed by atoms with van der Waals surface area (Å²) in [7, 11) is 1.50. The van der Waals surface area contributed by atoms with Crippen molar-refractivity contribution in [2.45, 2.75) is 12.6 Å². The number of hydrogen-bond acceptors (Lipinski definition) is 3. The van der Waals surface area contributed by atoms with Crippen LogP contribution < -0.4 is 10.5 Å². The molecule has 4 heteroatoms. The highest BCUT2D eigenvalue weighted by atomic mass is 19.1. The molecule has 13 heavy (non-hydrogen) atoms. The van der Waals surface area contributed by atoms with Gasteiger partial charge in [0.1, 0.15) is 6.17 Å². The highest BCUT2D eigenvalue weighted by molar-refractivity contribution is 5.22. The molecular formula is C9H13FN2O. The van der Waals surface area contributed by atoms with Crippen LogP contribution in [0.1, 0.15) is 18.2 Å². The van der Waals surface area contributed by atoms with Gasteiger partial charge < -0.3 is 10.5 Å². The van der Waals surface area contributed by atoms with E-state index in [-0.39, 0.29) is 0 Å². The van der Waals surface area contributed by atoms with E-state index < -0.39 is 6.17 Å². The predicted octanol–water partition coefficient (Wildman–Crippen LogP) is 1.45. The van der Waals surface area contributed by atoms with Gasteiger partial charge in [0, 0.05) is 12.3 Å². The van der Waals surface area contributed by atoms with Crippen molar-refractivity contribution in [2.24, 2.45) is 5.73 Å². The fraction of sp³-hybridized carbons (Fsp3) is 0.444. The lowest BCUT2D eigenvalue weighted by Crippen LogP contribution is -2.04. The molecule has 0 saturated heterocycles. The molecule has 0 radical (unpaired) electrons. The highest BCUT2D eigenvalue weighted by Crippen LogP contribution is 2.22. The number of methoxy groups -OCH3 is 1. The first-order valence-electron chi connectivity index (χ1n) is 4.12. The summed E-state index contributed by atoms with van der Waals surface area (Å²) in [5.41, 5.74) is 5.82. The molecule has 0 saturated carbocycles. The van der Waals surface area contributed by atoms with Gasteiger partial charge in [0.05, 0.1) is 7.11 Å². The van der Waals surface area contributed by atoms with Crippen molar-refractivity contribution in [1.29, 1.82) is 0 Å². The summed E-state index contributed by atoms with van der Waals surface area (Å²) >= 11 is 0. The highest BCUT2D eigenvalue weighted by Gasteiger charge is 2.09. The number of aromatic nitrogens is 1. The van der Waals surface area contributed by atoms with Crippen LogP contribution >= 0.6 is 0 Å². The molecule has 0 bridgehead atoms. The van der Waals surface area contributed by atoms with Gasteiger partial charge in [0.15, 0.2) is 0 Å². The Morgan fingerprint density at radius 3 is 3.08 bits per heavy atom. The van der Waals surface area contributed by atoms with Crippen molar-refractivity contribution in [1.82, 2.24) is 4.98 Å². The number of nitrogens with zero attached hydrogens (tertiary/aromatic N) is 1. The Morgan fingerprint density at radius 2 is 2.46 bits per heavy atom. The Kier molecular flexibility index (Phi) is 3.64. The lowest BCUT2D eigenvalue weighted by atomic mass is 10.1. The number of rotatable bonds is 4. The summed E-state index contributed by atoms with van der Waals surface area (Å²) < 4.78 is 18.2. The summed E-state index contributed by atoms with van der Waals surface area (Å²) in [6, 6.07) is 3.21. The van der Waals surface area contributed by atoms with Gasteiger partial charge in [0.2, 0.25) is 5.88 Å². The summed E-state index contributed by atoms with van der Waals surface area (Å²) in [5, 5.41) is 0. The molecule has 0 aromatic carbocycles. The summed E-state index contributed by atoms with van der Waals surface area (Å²) in [5.74, 6) is 0.428. The summed E-state index contributed by atoms with van der Waals surface area (Å²) in [6.07, 6.45) is 0.826. The molecule has 1 unspecified atom stereocenters. The van der Waals surface area contributed by atoms with Gasteiger partial charge in [-0.05, 0) is 24.6 Å². The zero-order chi connectivity index (χ0) is 9.68. The molecule has 1 aromatic rings. The molecule has 1 atom stereocenters. The maximum absolute atomic E-state index is 13.3. The molecule has 3 nitrogen and oxygen atoms in total. The zero-order valence-electron chi connectivity index (χ0n) is 7.53. The number of alkyl halides is 1. The van der Waals surface area contributed by atoms with E-state index in [1.54, 1.807) is 12.1 Å². The first-order valence-corrected chi connectivity index (χ1v) is 4.12. The fourth-order valence-corrected chi connectivity index (χ4v) is 1.04. The van der Waals surface area contributed by atoms with Crippen LogP contribution in [-0.2, 0) is 0 Å². The average molecular weight is 184 g/mol. The van der Waals surface area contributed by atoms with Gasteiger partial charge in [-0.1, -0.05) is 0 Å². The third kappa shape index (κ3) is 2.66. The standard InChI is InChI=1S/C9H13FN2O/c1-13-9-6-7(3-5-12-9)8(10)2-4-11/h3,5-6,8H,2,4,11H2,1H3. The Balaban J connectivity index is 2.75. The van der Waals surface area contributed by atoms with Gasteiger partial charge in [-0.2, -0.15) is 0 Å². The van der Waals surface area contributed by atoms with Crippen LogP contribution in [0.15, 0.2) is 18.3 Å². The van der Waals surface area contributed by atoms with Crippen molar-refractivity contribution >= 4 is 0 Å². The molecular weight excluding hydrogens is 171 g/mol. The van der Waals surface area contributed by atoms with Gasteiger partial charge in [-0.15, -0.1) is 0 Å². The van der Waals surface area contributed by atoms with Gasteiger partial charge >= 0.3 is 0 Å². The number of hydrogen-bond donors (Lipinski definition) is 1. The maximum Gasteiger partial charge on any atom is 0.213 e. The average Bonchev–Trinajstić information content (AvgIpc) is 2.18. The smallest absolute Gasteiger partial charge is 0.213 e. The molecule has 0 aliphatic carbocycles. The second-order valence-electron chi connectivity index (χ2n) is 2.68. The molecule has 0 fully saturated rings. The minimum Gasteiger partial charge on any atom is -0.481 e. The molecule has 1 aromatic heterocycles. The maximum atomic E-state index is 13.3. The van der Waals surface area contributed by atoms with E-state index in [1.807, 2.05) is 0 Å². The number of pyridine rings is 1. The third-order valence-electron chi connectivity index (χ3n) is 1.75.